The van der Waals surface area contributed by atoms with Crippen molar-refractivity contribution in [3.63, 3.8) is 0 Å². The van der Waals surface area contributed by atoms with E-state index in [1.807, 2.05) is 32.0 Å². The summed E-state index contributed by atoms with van der Waals surface area (Å²) >= 11 is 0. The molecule has 1 amide bonds. The quantitative estimate of drug-likeness (QED) is 0.745. The van der Waals surface area contributed by atoms with Crippen LogP contribution in [0.5, 0.6) is 11.6 Å². The van der Waals surface area contributed by atoms with Gasteiger partial charge in [0.1, 0.15) is 11.3 Å². The Morgan fingerprint density at radius 2 is 1.92 bits per heavy atom. The van der Waals surface area contributed by atoms with Gasteiger partial charge in [-0.2, -0.15) is 0 Å². The summed E-state index contributed by atoms with van der Waals surface area (Å²) in [7, 11) is 0. The van der Waals surface area contributed by atoms with E-state index in [0.29, 0.717) is 5.75 Å². The van der Waals surface area contributed by atoms with Crippen molar-refractivity contribution < 1.29 is 19.1 Å². The number of benzene rings is 1. The molecule has 1 N–H and O–H groups in total. The molecule has 0 saturated heterocycles. The molecule has 6 nitrogen and oxygen atoms in total. The highest BCUT2D eigenvalue weighted by molar-refractivity contribution is 5.93. The van der Waals surface area contributed by atoms with Crippen LogP contribution in [0.4, 0.5) is 0 Å². The maximum atomic E-state index is 12.2. The zero-order valence-electron chi connectivity index (χ0n) is 14.4. The molecular weight excluding hydrogens is 320 g/mol. The number of amides is 1. The number of nitrogens with zero attached hydrogens (tertiary/aromatic N) is 1. The Morgan fingerprint density at radius 1 is 1.16 bits per heavy atom. The maximum absolute atomic E-state index is 12.2. The molecule has 1 heterocycles. The molecular formula is C19H22N2O4. The van der Waals surface area contributed by atoms with Crippen molar-refractivity contribution in [1.82, 2.24) is 10.3 Å². The first-order chi connectivity index (χ1) is 12.1. The van der Waals surface area contributed by atoms with Crippen molar-refractivity contribution in [1.29, 1.82) is 0 Å². The number of hydrogen-bond donors (Lipinski definition) is 1. The number of aromatic nitrogens is 1. The second kappa shape index (κ2) is 9.42. The van der Waals surface area contributed by atoms with E-state index in [1.54, 1.807) is 24.3 Å². The number of rotatable bonds is 8. The lowest BCUT2D eigenvalue weighted by Gasteiger charge is -2.13. The van der Waals surface area contributed by atoms with Crippen LogP contribution in [0.2, 0.25) is 0 Å². The third-order valence-electron chi connectivity index (χ3n) is 3.41. The maximum Gasteiger partial charge on any atom is 0.344 e. The predicted octanol–water partition coefficient (Wildman–Crippen LogP) is 3.34. The number of carbonyl (C=O) groups is 2. The van der Waals surface area contributed by atoms with Gasteiger partial charge >= 0.3 is 5.97 Å². The molecule has 0 spiro atoms. The fourth-order valence-electron chi connectivity index (χ4n) is 2.26. The molecule has 1 unspecified atom stereocenters. The number of ether oxygens (including phenoxy) is 2. The molecule has 6 heteroatoms. The smallest absolute Gasteiger partial charge is 0.344 e. The Balaban J connectivity index is 1.96. The van der Waals surface area contributed by atoms with Gasteiger partial charge in [0.25, 0.3) is 5.91 Å². The molecule has 0 aliphatic rings. The van der Waals surface area contributed by atoms with Crippen molar-refractivity contribution in [2.24, 2.45) is 0 Å². The SMILES string of the molecule is CCCC(C)NC(=O)COC(=O)c1cccnc1Oc1ccccc1. The third-order valence-corrected chi connectivity index (χ3v) is 3.41. The highest BCUT2D eigenvalue weighted by Gasteiger charge is 2.17. The Hall–Kier alpha value is -2.89. The minimum atomic E-state index is -0.655. The molecule has 1 aromatic heterocycles. The molecule has 2 rings (SSSR count). The van der Waals surface area contributed by atoms with E-state index in [-0.39, 0.29) is 30.0 Å². The van der Waals surface area contributed by atoms with Gasteiger partial charge in [-0.15, -0.1) is 0 Å². The van der Waals surface area contributed by atoms with Crippen LogP contribution in [0.3, 0.4) is 0 Å². The zero-order valence-corrected chi connectivity index (χ0v) is 14.4. The van der Waals surface area contributed by atoms with Crippen LogP contribution in [0.1, 0.15) is 37.0 Å². The highest BCUT2D eigenvalue weighted by Crippen LogP contribution is 2.23. The first-order valence-electron chi connectivity index (χ1n) is 8.24. The van der Waals surface area contributed by atoms with Gasteiger partial charge in [0.05, 0.1) is 0 Å². The summed E-state index contributed by atoms with van der Waals surface area (Å²) in [5.74, 6) is -0.291. The van der Waals surface area contributed by atoms with Crippen molar-refractivity contribution in [2.45, 2.75) is 32.7 Å². The van der Waals surface area contributed by atoms with Crippen LogP contribution in [-0.2, 0) is 9.53 Å². The minimum Gasteiger partial charge on any atom is -0.452 e. The van der Waals surface area contributed by atoms with Gasteiger partial charge in [-0.05, 0) is 37.6 Å². The molecule has 0 aliphatic heterocycles. The number of para-hydroxylation sites is 1. The van der Waals surface area contributed by atoms with Crippen LogP contribution < -0.4 is 10.1 Å². The molecule has 0 aliphatic carbocycles. The lowest BCUT2D eigenvalue weighted by Crippen LogP contribution is -2.35. The van der Waals surface area contributed by atoms with Crippen molar-refractivity contribution in [3.8, 4) is 11.6 Å². The first-order valence-corrected chi connectivity index (χ1v) is 8.24. The van der Waals surface area contributed by atoms with E-state index < -0.39 is 5.97 Å². The summed E-state index contributed by atoms with van der Waals surface area (Å²) in [5.41, 5.74) is 0.167. The zero-order chi connectivity index (χ0) is 18.1. The highest BCUT2D eigenvalue weighted by atomic mass is 16.5. The van der Waals surface area contributed by atoms with E-state index in [1.165, 1.54) is 6.20 Å². The molecule has 2 aromatic rings. The van der Waals surface area contributed by atoms with Gasteiger partial charge in [0.15, 0.2) is 6.61 Å². The van der Waals surface area contributed by atoms with Gasteiger partial charge in [-0.1, -0.05) is 31.5 Å². The summed E-state index contributed by atoms with van der Waals surface area (Å²) in [5, 5.41) is 2.78. The molecule has 25 heavy (non-hydrogen) atoms. The van der Waals surface area contributed by atoms with E-state index in [9.17, 15) is 9.59 Å². The van der Waals surface area contributed by atoms with Crippen molar-refractivity contribution in [2.75, 3.05) is 6.61 Å². The summed E-state index contributed by atoms with van der Waals surface area (Å²) < 4.78 is 10.7. The Bertz CT molecular complexity index is 704. The molecule has 1 atom stereocenters. The van der Waals surface area contributed by atoms with Gasteiger partial charge in [-0.25, -0.2) is 9.78 Å². The average Bonchev–Trinajstić information content (AvgIpc) is 2.61. The summed E-state index contributed by atoms with van der Waals surface area (Å²) in [6, 6.07) is 12.2. The van der Waals surface area contributed by atoms with Crippen LogP contribution in [0.15, 0.2) is 48.7 Å². The second-order valence-electron chi connectivity index (χ2n) is 5.60. The lowest BCUT2D eigenvalue weighted by atomic mass is 10.2. The third kappa shape index (κ3) is 5.91. The largest absolute Gasteiger partial charge is 0.452 e. The predicted molar refractivity (Wildman–Crippen MR) is 93.5 cm³/mol. The molecule has 132 valence electrons. The molecule has 1 aromatic carbocycles. The topological polar surface area (TPSA) is 77.5 Å². The van der Waals surface area contributed by atoms with Gasteiger partial charge in [-0.3, -0.25) is 4.79 Å². The average molecular weight is 342 g/mol. The van der Waals surface area contributed by atoms with E-state index in [4.69, 9.17) is 9.47 Å². The Morgan fingerprint density at radius 3 is 2.64 bits per heavy atom. The van der Waals surface area contributed by atoms with Crippen molar-refractivity contribution in [3.05, 3.63) is 54.2 Å². The van der Waals surface area contributed by atoms with Crippen molar-refractivity contribution >= 4 is 11.9 Å². The Kier molecular flexibility index (Phi) is 6.95. The fraction of sp³-hybridized carbons (Fsp3) is 0.316. The molecule has 0 radical (unpaired) electrons. The number of hydrogen-bond acceptors (Lipinski definition) is 5. The number of carbonyl (C=O) groups excluding carboxylic acids is 2. The van der Waals surface area contributed by atoms with Gasteiger partial charge in [0, 0.05) is 12.2 Å². The van der Waals surface area contributed by atoms with Crippen LogP contribution in [0.25, 0.3) is 0 Å². The number of nitrogens with one attached hydrogen (secondary N) is 1. The summed E-state index contributed by atoms with van der Waals surface area (Å²) in [6.07, 6.45) is 3.36. The van der Waals surface area contributed by atoms with Crippen LogP contribution in [0, 0.1) is 0 Å². The lowest BCUT2D eigenvalue weighted by molar-refractivity contribution is -0.124. The summed E-state index contributed by atoms with van der Waals surface area (Å²) in [6.45, 7) is 3.61. The molecule has 0 saturated carbocycles. The monoisotopic (exact) mass is 342 g/mol. The number of esters is 1. The van der Waals surface area contributed by atoms with Crippen LogP contribution in [-0.4, -0.2) is 29.5 Å². The fourth-order valence-corrected chi connectivity index (χ4v) is 2.26. The van der Waals surface area contributed by atoms with Gasteiger partial charge in [0.2, 0.25) is 5.88 Å². The first kappa shape index (κ1) is 18.4. The molecule has 0 bridgehead atoms. The van der Waals surface area contributed by atoms with E-state index in [0.717, 1.165) is 12.8 Å². The van der Waals surface area contributed by atoms with Gasteiger partial charge < -0.3 is 14.8 Å². The number of pyridine rings is 1. The van der Waals surface area contributed by atoms with Crippen LogP contribution >= 0.6 is 0 Å². The normalized spacial score (nSPS) is 11.4. The minimum absolute atomic E-state index is 0.0477. The molecule has 0 fully saturated rings. The van der Waals surface area contributed by atoms with E-state index >= 15 is 0 Å². The Labute approximate surface area is 147 Å². The standard InChI is InChI=1S/C19H22N2O4/c1-3-8-14(2)21-17(22)13-24-19(23)16-11-7-12-20-18(16)25-15-9-5-4-6-10-15/h4-7,9-12,14H,3,8,13H2,1-2H3,(H,21,22). The second-order valence-corrected chi connectivity index (χ2v) is 5.60. The van der Waals surface area contributed by atoms with E-state index in [2.05, 4.69) is 10.3 Å². The summed E-state index contributed by atoms with van der Waals surface area (Å²) in [4.78, 5) is 28.1.